The van der Waals surface area contributed by atoms with Crippen molar-refractivity contribution in [1.82, 2.24) is 10.2 Å². The number of nitrogens with one attached hydrogen (secondary N) is 1. The van der Waals surface area contributed by atoms with Gasteiger partial charge >= 0.3 is 0 Å². The third kappa shape index (κ3) is 4.47. The van der Waals surface area contributed by atoms with Gasteiger partial charge in [-0.25, -0.2) is 0 Å². The molecule has 0 aliphatic carbocycles. The Morgan fingerprint density at radius 1 is 1.44 bits per heavy atom. The average molecular weight is 230 g/mol. The number of rotatable bonds is 7. The molecular formula is C11H22N2O3. The van der Waals surface area contributed by atoms with Crippen LogP contribution in [0.5, 0.6) is 0 Å². The van der Waals surface area contributed by atoms with Crippen LogP contribution < -0.4 is 5.32 Å². The van der Waals surface area contributed by atoms with Gasteiger partial charge in [0.25, 0.3) is 0 Å². The quantitative estimate of drug-likeness (QED) is 0.619. The van der Waals surface area contributed by atoms with Crippen molar-refractivity contribution in [2.24, 2.45) is 0 Å². The van der Waals surface area contributed by atoms with E-state index < -0.39 is 0 Å². The van der Waals surface area contributed by atoms with E-state index in [-0.39, 0.29) is 11.9 Å². The fourth-order valence-electron chi connectivity index (χ4n) is 1.69. The average Bonchev–Trinajstić information content (AvgIpc) is 2.29. The van der Waals surface area contributed by atoms with Crippen LogP contribution in [0.2, 0.25) is 0 Å². The van der Waals surface area contributed by atoms with Crippen LogP contribution in [0, 0.1) is 0 Å². The Morgan fingerprint density at radius 3 is 3.00 bits per heavy atom. The lowest BCUT2D eigenvalue weighted by molar-refractivity contribution is -0.135. The van der Waals surface area contributed by atoms with Crippen molar-refractivity contribution >= 4 is 5.91 Å². The monoisotopic (exact) mass is 230 g/mol. The molecule has 1 aliphatic heterocycles. The number of piperazine rings is 1. The minimum absolute atomic E-state index is 0.0535. The Kier molecular flexibility index (Phi) is 6.37. The number of amides is 1. The van der Waals surface area contributed by atoms with E-state index in [0.717, 1.165) is 26.1 Å². The van der Waals surface area contributed by atoms with E-state index in [0.29, 0.717) is 19.8 Å². The normalized spacial score (nSPS) is 21.5. The van der Waals surface area contributed by atoms with Crippen LogP contribution >= 0.6 is 0 Å². The molecule has 0 aromatic rings. The number of hydrogen-bond acceptors (Lipinski definition) is 4. The van der Waals surface area contributed by atoms with E-state index in [1.54, 1.807) is 7.11 Å². The van der Waals surface area contributed by atoms with Gasteiger partial charge in [0.2, 0.25) is 5.91 Å². The van der Waals surface area contributed by atoms with Crippen molar-refractivity contribution in [3.63, 3.8) is 0 Å². The third-order valence-electron chi connectivity index (χ3n) is 2.66. The van der Waals surface area contributed by atoms with Crippen LogP contribution in [0.3, 0.4) is 0 Å². The van der Waals surface area contributed by atoms with E-state index in [1.807, 2.05) is 11.8 Å². The molecule has 1 amide bonds. The molecule has 0 bridgehead atoms. The first-order valence-corrected chi connectivity index (χ1v) is 5.84. The standard InChI is InChI=1S/C11H22N2O3/c1-10-11(14)13(5-4-12-10)6-9-16-8-3-7-15-2/h10,12H,3-9H2,1-2H3. The summed E-state index contributed by atoms with van der Waals surface area (Å²) in [6, 6.07) is -0.0535. The zero-order valence-corrected chi connectivity index (χ0v) is 10.2. The maximum Gasteiger partial charge on any atom is 0.239 e. The number of nitrogens with zero attached hydrogens (tertiary/aromatic N) is 1. The maximum atomic E-state index is 11.7. The molecule has 1 aliphatic rings. The molecule has 1 N–H and O–H groups in total. The highest BCUT2D eigenvalue weighted by molar-refractivity contribution is 5.82. The molecule has 1 rings (SSSR count). The minimum atomic E-state index is -0.0535. The van der Waals surface area contributed by atoms with Crippen molar-refractivity contribution in [3.05, 3.63) is 0 Å². The molecule has 0 radical (unpaired) electrons. The predicted molar refractivity (Wildman–Crippen MR) is 61.4 cm³/mol. The zero-order valence-electron chi connectivity index (χ0n) is 10.2. The van der Waals surface area contributed by atoms with Gasteiger partial charge in [-0.3, -0.25) is 4.79 Å². The second-order valence-corrected chi connectivity index (χ2v) is 3.96. The van der Waals surface area contributed by atoms with Crippen molar-refractivity contribution in [3.8, 4) is 0 Å². The molecular weight excluding hydrogens is 208 g/mol. The molecule has 0 saturated carbocycles. The molecule has 1 atom stereocenters. The Hall–Kier alpha value is -0.650. The van der Waals surface area contributed by atoms with Crippen LogP contribution in [-0.4, -0.2) is 63.4 Å². The molecule has 1 heterocycles. The van der Waals surface area contributed by atoms with Crippen LogP contribution in [0.25, 0.3) is 0 Å². The number of carbonyl (C=O) groups excluding carboxylic acids is 1. The lowest BCUT2D eigenvalue weighted by Gasteiger charge is -2.31. The number of carbonyl (C=O) groups is 1. The first-order valence-electron chi connectivity index (χ1n) is 5.84. The van der Waals surface area contributed by atoms with Crippen molar-refractivity contribution < 1.29 is 14.3 Å². The molecule has 94 valence electrons. The fraction of sp³-hybridized carbons (Fsp3) is 0.909. The highest BCUT2D eigenvalue weighted by Crippen LogP contribution is 2.00. The Balaban J connectivity index is 2.05. The minimum Gasteiger partial charge on any atom is -0.385 e. The Labute approximate surface area is 97.1 Å². The van der Waals surface area contributed by atoms with E-state index in [1.165, 1.54) is 0 Å². The topological polar surface area (TPSA) is 50.8 Å². The predicted octanol–water partition coefficient (Wildman–Crippen LogP) is -0.140. The van der Waals surface area contributed by atoms with Gasteiger partial charge in [-0.15, -0.1) is 0 Å². The summed E-state index contributed by atoms with van der Waals surface area (Å²) in [4.78, 5) is 13.5. The molecule has 1 unspecified atom stereocenters. The smallest absolute Gasteiger partial charge is 0.239 e. The summed E-state index contributed by atoms with van der Waals surface area (Å²) in [7, 11) is 1.68. The van der Waals surface area contributed by atoms with Gasteiger partial charge in [0.1, 0.15) is 0 Å². The number of hydrogen-bond donors (Lipinski definition) is 1. The first kappa shape index (κ1) is 13.4. The molecule has 1 fully saturated rings. The van der Waals surface area contributed by atoms with Gasteiger partial charge in [0.15, 0.2) is 0 Å². The Morgan fingerprint density at radius 2 is 2.25 bits per heavy atom. The highest BCUT2D eigenvalue weighted by atomic mass is 16.5. The van der Waals surface area contributed by atoms with E-state index in [4.69, 9.17) is 9.47 Å². The lowest BCUT2D eigenvalue weighted by atomic mass is 10.2. The SMILES string of the molecule is COCCCOCCN1CCNC(C)C1=O. The van der Waals surface area contributed by atoms with Crippen LogP contribution in [0.15, 0.2) is 0 Å². The molecule has 1 saturated heterocycles. The molecule has 16 heavy (non-hydrogen) atoms. The summed E-state index contributed by atoms with van der Waals surface area (Å²) >= 11 is 0. The lowest BCUT2D eigenvalue weighted by Crippen LogP contribution is -2.54. The van der Waals surface area contributed by atoms with Gasteiger partial charge in [-0.05, 0) is 13.3 Å². The van der Waals surface area contributed by atoms with Crippen LogP contribution in [0.1, 0.15) is 13.3 Å². The van der Waals surface area contributed by atoms with E-state index >= 15 is 0 Å². The van der Waals surface area contributed by atoms with Crippen LogP contribution in [-0.2, 0) is 14.3 Å². The molecule has 5 nitrogen and oxygen atoms in total. The molecule has 0 aromatic carbocycles. The largest absolute Gasteiger partial charge is 0.385 e. The summed E-state index contributed by atoms with van der Waals surface area (Å²) in [6.45, 7) is 6.28. The maximum absolute atomic E-state index is 11.7. The van der Waals surface area contributed by atoms with Crippen molar-refractivity contribution in [2.45, 2.75) is 19.4 Å². The van der Waals surface area contributed by atoms with Gasteiger partial charge in [-0.1, -0.05) is 0 Å². The summed E-state index contributed by atoms with van der Waals surface area (Å²) < 4.78 is 10.3. The Bertz CT molecular complexity index is 211. The van der Waals surface area contributed by atoms with E-state index in [9.17, 15) is 4.79 Å². The summed E-state index contributed by atoms with van der Waals surface area (Å²) in [6.07, 6.45) is 0.905. The van der Waals surface area contributed by atoms with Crippen molar-refractivity contribution in [1.29, 1.82) is 0 Å². The molecule has 0 aromatic heterocycles. The molecule has 5 heteroatoms. The van der Waals surface area contributed by atoms with Gasteiger partial charge in [0.05, 0.1) is 12.6 Å². The van der Waals surface area contributed by atoms with E-state index in [2.05, 4.69) is 5.32 Å². The van der Waals surface area contributed by atoms with Gasteiger partial charge < -0.3 is 19.7 Å². The van der Waals surface area contributed by atoms with Crippen LogP contribution in [0.4, 0.5) is 0 Å². The summed E-state index contributed by atoms with van der Waals surface area (Å²) in [5, 5.41) is 3.13. The number of methoxy groups -OCH3 is 1. The second-order valence-electron chi connectivity index (χ2n) is 3.96. The fourth-order valence-corrected chi connectivity index (χ4v) is 1.69. The first-order chi connectivity index (χ1) is 7.75. The summed E-state index contributed by atoms with van der Waals surface area (Å²) in [5.41, 5.74) is 0. The zero-order chi connectivity index (χ0) is 11.8. The van der Waals surface area contributed by atoms with Gasteiger partial charge in [-0.2, -0.15) is 0 Å². The van der Waals surface area contributed by atoms with Crippen molar-refractivity contribution in [2.75, 3.05) is 46.6 Å². The molecule has 0 spiro atoms. The number of ether oxygens (including phenoxy) is 2. The summed E-state index contributed by atoms with van der Waals surface area (Å²) in [5.74, 6) is 0.173. The highest BCUT2D eigenvalue weighted by Gasteiger charge is 2.23. The van der Waals surface area contributed by atoms with Gasteiger partial charge in [0, 0.05) is 40.0 Å². The second kappa shape index (κ2) is 7.60. The third-order valence-corrected chi connectivity index (χ3v) is 2.66.